The summed E-state index contributed by atoms with van der Waals surface area (Å²) in [6, 6.07) is 10.2. The molecule has 0 aliphatic rings. The van der Waals surface area contributed by atoms with E-state index >= 15 is 0 Å². The van der Waals surface area contributed by atoms with Gasteiger partial charge in [-0.3, -0.25) is 0 Å². The predicted molar refractivity (Wildman–Crippen MR) is 82.7 cm³/mol. The normalized spacial score (nSPS) is 12.6. The lowest BCUT2D eigenvalue weighted by molar-refractivity contribution is 0.0412. The zero-order chi connectivity index (χ0) is 15.1. The van der Waals surface area contributed by atoms with E-state index in [0.29, 0.717) is 0 Å². The molecule has 3 nitrogen and oxygen atoms in total. The molecule has 0 saturated carbocycles. The van der Waals surface area contributed by atoms with E-state index in [1.54, 1.807) is 4.90 Å². The van der Waals surface area contributed by atoms with Crippen molar-refractivity contribution in [3.05, 3.63) is 35.9 Å². The molecular weight excluding hydrogens is 250 g/mol. The molecular formula is C17H27NO2. The molecule has 1 rings (SSSR count). The van der Waals surface area contributed by atoms with Crippen LogP contribution in [0.1, 0.15) is 59.1 Å². The van der Waals surface area contributed by atoms with E-state index in [1.807, 2.05) is 58.0 Å². The molecule has 0 N–H and O–H groups in total. The number of amides is 1. The first kappa shape index (κ1) is 16.5. The highest BCUT2D eigenvalue weighted by Crippen LogP contribution is 2.24. The average Bonchev–Trinajstić information content (AvgIpc) is 2.38. The van der Waals surface area contributed by atoms with Crippen LogP contribution in [0.15, 0.2) is 30.3 Å². The average molecular weight is 277 g/mol. The monoisotopic (exact) mass is 277 g/mol. The van der Waals surface area contributed by atoms with E-state index in [2.05, 4.69) is 6.92 Å². The molecule has 1 amide bonds. The summed E-state index contributed by atoms with van der Waals surface area (Å²) in [4.78, 5) is 14.2. The minimum absolute atomic E-state index is 0.139. The maximum atomic E-state index is 12.4. The Kier molecular flexibility index (Phi) is 6.56. The molecule has 0 bridgehead atoms. The Morgan fingerprint density at radius 3 is 2.10 bits per heavy atom. The minimum Gasteiger partial charge on any atom is -0.441 e. The largest absolute Gasteiger partial charge is 0.441 e. The highest BCUT2D eigenvalue weighted by molar-refractivity contribution is 5.68. The van der Waals surface area contributed by atoms with Crippen LogP contribution in [0.25, 0.3) is 0 Å². The maximum absolute atomic E-state index is 12.4. The van der Waals surface area contributed by atoms with E-state index in [4.69, 9.17) is 4.74 Å². The van der Waals surface area contributed by atoms with E-state index < -0.39 is 0 Å². The number of rotatable bonds is 6. The van der Waals surface area contributed by atoms with Gasteiger partial charge in [-0.2, -0.15) is 0 Å². The fourth-order valence-electron chi connectivity index (χ4n) is 2.42. The Labute approximate surface area is 122 Å². The quantitative estimate of drug-likeness (QED) is 0.748. The predicted octanol–water partition coefficient (Wildman–Crippen LogP) is 4.78. The zero-order valence-electron chi connectivity index (χ0n) is 13.3. The highest BCUT2D eigenvalue weighted by Gasteiger charge is 2.25. The first-order chi connectivity index (χ1) is 9.47. The number of ether oxygens (including phenoxy) is 1. The summed E-state index contributed by atoms with van der Waals surface area (Å²) in [6.45, 7) is 10.2. The van der Waals surface area contributed by atoms with Gasteiger partial charge in [0.1, 0.15) is 6.10 Å². The summed E-state index contributed by atoms with van der Waals surface area (Å²) < 4.78 is 5.75. The molecule has 0 radical (unpaired) electrons. The number of nitrogens with zero attached hydrogens (tertiary/aromatic N) is 1. The summed E-state index contributed by atoms with van der Waals surface area (Å²) in [6.07, 6.45) is 1.45. The Morgan fingerprint density at radius 1 is 1.10 bits per heavy atom. The molecule has 20 heavy (non-hydrogen) atoms. The molecule has 0 aliphatic carbocycles. The summed E-state index contributed by atoms with van der Waals surface area (Å²) in [5.74, 6) is 0. The fraction of sp³-hybridized carbons (Fsp3) is 0.588. The van der Waals surface area contributed by atoms with Crippen LogP contribution >= 0.6 is 0 Å². The molecule has 0 aliphatic heterocycles. The van der Waals surface area contributed by atoms with E-state index in [9.17, 15) is 4.79 Å². The zero-order valence-corrected chi connectivity index (χ0v) is 13.3. The van der Waals surface area contributed by atoms with Gasteiger partial charge in [0.05, 0.1) is 0 Å². The lowest BCUT2D eigenvalue weighted by Gasteiger charge is -2.31. The molecule has 0 saturated heterocycles. The number of carbonyl (C=O) groups excluding carboxylic acids is 1. The Bertz CT molecular complexity index is 393. The molecule has 1 aromatic carbocycles. The lowest BCUT2D eigenvalue weighted by Crippen LogP contribution is -2.42. The van der Waals surface area contributed by atoms with Crippen LogP contribution < -0.4 is 0 Å². The van der Waals surface area contributed by atoms with Gasteiger partial charge < -0.3 is 9.64 Å². The second-order valence-electron chi connectivity index (χ2n) is 5.67. The van der Waals surface area contributed by atoms with Crippen LogP contribution in [-0.2, 0) is 4.74 Å². The maximum Gasteiger partial charge on any atom is 0.410 e. The Hall–Kier alpha value is -1.51. The number of benzene rings is 1. The van der Waals surface area contributed by atoms with Crippen molar-refractivity contribution >= 4 is 6.09 Å². The summed E-state index contributed by atoms with van der Waals surface area (Å²) >= 11 is 0. The second kappa shape index (κ2) is 7.93. The van der Waals surface area contributed by atoms with Gasteiger partial charge in [0.2, 0.25) is 0 Å². The molecule has 0 spiro atoms. The lowest BCUT2D eigenvalue weighted by atomic mass is 10.1. The Morgan fingerprint density at radius 2 is 1.65 bits per heavy atom. The van der Waals surface area contributed by atoms with E-state index in [-0.39, 0.29) is 24.3 Å². The van der Waals surface area contributed by atoms with Crippen LogP contribution in [0.3, 0.4) is 0 Å². The van der Waals surface area contributed by atoms with Gasteiger partial charge >= 0.3 is 6.09 Å². The molecule has 0 unspecified atom stereocenters. The minimum atomic E-state index is -0.225. The molecule has 1 aromatic rings. The number of carbonyl (C=O) groups is 1. The van der Waals surface area contributed by atoms with Gasteiger partial charge in [0.25, 0.3) is 0 Å². The standard InChI is InChI=1S/C17H27NO2/c1-6-10-16(15-11-8-7-9-12-15)20-17(19)18(13(2)3)14(4)5/h7-9,11-14,16H,6,10H2,1-5H3/t16-/m0/s1. The van der Waals surface area contributed by atoms with Gasteiger partial charge in [0, 0.05) is 12.1 Å². The fourth-order valence-corrected chi connectivity index (χ4v) is 2.42. The molecule has 112 valence electrons. The van der Waals surface area contributed by atoms with E-state index in [1.165, 1.54) is 0 Å². The molecule has 0 fully saturated rings. The summed E-state index contributed by atoms with van der Waals surface area (Å²) in [7, 11) is 0. The van der Waals surface area contributed by atoms with Crippen LogP contribution in [-0.4, -0.2) is 23.1 Å². The number of hydrogen-bond acceptors (Lipinski definition) is 2. The highest BCUT2D eigenvalue weighted by atomic mass is 16.6. The molecule has 0 aromatic heterocycles. The summed E-state index contributed by atoms with van der Waals surface area (Å²) in [5.41, 5.74) is 1.06. The van der Waals surface area contributed by atoms with Crippen molar-refractivity contribution in [1.82, 2.24) is 4.90 Å². The Balaban J connectivity index is 2.82. The van der Waals surface area contributed by atoms with Gasteiger partial charge in [-0.25, -0.2) is 4.79 Å². The smallest absolute Gasteiger partial charge is 0.410 e. The third-order valence-electron chi connectivity index (χ3n) is 3.29. The van der Waals surface area contributed by atoms with E-state index in [0.717, 1.165) is 18.4 Å². The summed E-state index contributed by atoms with van der Waals surface area (Å²) in [5, 5.41) is 0. The SMILES string of the molecule is CCC[C@H](OC(=O)N(C(C)C)C(C)C)c1ccccc1. The van der Waals surface area contributed by atoms with Crippen molar-refractivity contribution in [2.45, 2.75) is 65.6 Å². The van der Waals surface area contributed by atoms with Crippen LogP contribution in [0, 0.1) is 0 Å². The molecule has 0 heterocycles. The third kappa shape index (κ3) is 4.55. The first-order valence-corrected chi connectivity index (χ1v) is 7.51. The first-order valence-electron chi connectivity index (χ1n) is 7.51. The topological polar surface area (TPSA) is 29.5 Å². The van der Waals surface area contributed by atoms with Crippen molar-refractivity contribution < 1.29 is 9.53 Å². The van der Waals surface area contributed by atoms with Crippen molar-refractivity contribution in [3.8, 4) is 0 Å². The third-order valence-corrected chi connectivity index (χ3v) is 3.29. The van der Waals surface area contributed by atoms with Crippen LogP contribution in [0.5, 0.6) is 0 Å². The molecule has 1 atom stereocenters. The number of hydrogen-bond donors (Lipinski definition) is 0. The van der Waals surface area contributed by atoms with Crippen molar-refractivity contribution in [3.63, 3.8) is 0 Å². The molecule has 3 heteroatoms. The van der Waals surface area contributed by atoms with Crippen LogP contribution in [0.2, 0.25) is 0 Å². The van der Waals surface area contributed by atoms with Gasteiger partial charge in [-0.1, -0.05) is 43.7 Å². The van der Waals surface area contributed by atoms with Gasteiger partial charge in [-0.15, -0.1) is 0 Å². The second-order valence-corrected chi connectivity index (χ2v) is 5.67. The van der Waals surface area contributed by atoms with Gasteiger partial charge in [-0.05, 0) is 39.7 Å². The van der Waals surface area contributed by atoms with Crippen LogP contribution in [0.4, 0.5) is 4.79 Å². The van der Waals surface area contributed by atoms with Crippen molar-refractivity contribution in [2.24, 2.45) is 0 Å². The van der Waals surface area contributed by atoms with Crippen molar-refractivity contribution in [2.75, 3.05) is 0 Å². The van der Waals surface area contributed by atoms with Gasteiger partial charge in [0.15, 0.2) is 0 Å². The van der Waals surface area contributed by atoms with Crippen molar-refractivity contribution in [1.29, 1.82) is 0 Å².